The van der Waals surface area contributed by atoms with Crippen LogP contribution in [0.25, 0.3) is 0 Å². The molecule has 0 saturated carbocycles. The molecule has 7 heteroatoms. The number of hydrogen-bond acceptors (Lipinski definition) is 4. The highest BCUT2D eigenvalue weighted by Crippen LogP contribution is 2.18. The highest BCUT2D eigenvalue weighted by molar-refractivity contribution is 5.76. The lowest BCUT2D eigenvalue weighted by atomic mass is 9.99. The molecular weight excluding hydrogens is 262 g/mol. The number of carboxylic acids is 1. The second-order valence-corrected chi connectivity index (χ2v) is 5.10. The van der Waals surface area contributed by atoms with Crippen LogP contribution in [0.2, 0.25) is 0 Å². The van der Waals surface area contributed by atoms with Crippen LogP contribution in [0.3, 0.4) is 0 Å². The molecule has 110 valence electrons. The molecule has 0 aromatic carbocycles. The number of oxazole rings is 1. The molecule has 0 aliphatic carbocycles. The highest BCUT2D eigenvalue weighted by atomic mass is 16.4. The molecule has 1 aliphatic heterocycles. The Labute approximate surface area is 117 Å². The van der Waals surface area contributed by atoms with Gasteiger partial charge in [-0.3, -0.25) is 4.79 Å². The Morgan fingerprint density at radius 1 is 1.60 bits per heavy atom. The molecule has 2 rings (SSSR count). The lowest BCUT2D eigenvalue weighted by Gasteiger charge is -2.31. The molecular formula is C13H19N3O4. The Hall–Kier alpha value is -2.05. The van der Waals surface area contributed by atoms with Gasteiger partial charge in [0, 0.05) is 13.1 Å². The molecule has 1 fully saturated rings. The van der Waals surface area contributed by atoms with E-state index in [-0.39, 0.29) is 18.6 Å². The van der Waals surface area contributed by atoms with E-state index in [1.54, 1.807) is 20.0 Å². The molecule has 0 spiro atoms. The van der Waals surface area contributed by atoms with E-state index in [1.165, 1.54) is 4.90 Å². The minimum atomic E-state index is -0.848. The van der Waals surface area contributed by atoms with Crippen LogP contribution in [-0.4, -0.2) is 40.1 Å². The van der Waals surface area contributed by atoms with Crippen LogP contribution in [0.1, 0.15) is 37.5 Å². The smallest absolute Gasteiger partial charge is 0.318 e. The Kier molecular flexibility index (Phi) is 4.26. The molecule has 1 unspecified atom stereocenters. The lowest BCUT2D eigenvalue weighted by Crippen LogP contribution is -2.47. The van der Waals surface area contributed by atoms with Gasteiger partial charge in [0.15, 0.2) is 0 Å². The minimum Gasteiger partial charge on any atom is -0.481 e. The summed E-state index contributed by atoms with van der Waals surface area (Å²) in [5.74, 6) is -0.194. The summed E-state index contributed by atoms with van der Waals surface area (Å²) in [5, 5.41) is 11.8. The number of nitrogens with zero attached hydrogens (tertiary/aromatic N) is 2. The van der Waals surface area contributed by atoms with E-state index >= 15 is 0 Å². The molecule has 20 heavy (non-hydrogen) atoms. The number of likely N-dealkylation sites (tertiary alicyclic amines) is 1. The summed E-state index contributed by atoms with van der Waals surface area (Å²) >= 11 is 0. The topological polar surface area (TPSA) is 95.7 Å². The van der Waals surface area contributed by atoms with Gasteiger partial charge in [-0.25, -0.2) is 9.78 Å². The standard InChI is InChI=1S/C13H19N3O4/c1-8-6-14-11(20-8)9(2)15-13(19)16-5-3-4-10(7-16)12(17)18/h6,9-10H,3-5,7H2,1-2H3,(H,15,19)(H,17,18)/t9?,10-/m1/s1. The van der Waals surface area contributed by atoms with Crippen molar-refractivity contribution in [3.8, 4) is 0 Å². The van der Waals surface area contributed by atoms with Gasteiger partial charge in [-0.05, 0) is 26.7 Å². The summed E-state index contributed by atoms with van der Waals surface area (Å²) in [6.45, 7) is 4.39. The van der Waals surface area contributed by atoms with Gasteiger partial charge in [-0.15, -0.1) is 0 Å². The van der Waals surface area contributed by atoms with E-state index in [4.69, 9.17) is 9.52 Å². The maximum absolute atomic E-state index is 12.1. The summed E-state index contributed by atoms with van der Waals surface area (Å²) in [7, 11) is 0. The Balaban J connectivity index is 1.92. The molecule has 1 aromatic heterocycles. The molecule has 1 aromatic rings. The monoisotopic (exact) mass is 281 g/mol. The molecule has 0 bridgehead atoms. The van der Waals surface area contributed by atoms with E-state index < -0.39 is 11.9 Å². The third kappa shape index (κ3) is 3.28. The van der Waals surface area contributed by atoms with Crippen LogP contribution < -0.4 is 5.32 Å². The zero-order valence-corrected chi connectivity index (χ0v) is 11.6. The van der Waals surface area contributed by atoms with E-state index in [0.29, 0.717) is 31.0 Å². The van der Waals surface area contributed by atoms with Crippen LogP contribution in [0.15, 0.2) is 10.6 Å². The van der Waals surface area contributed by atoms with Gasteiger partial charge in [-0.1, -0.05) is 0 Å². The van der Waals surface area contributed by atoms with Crippen molar-refractivity contribution < 1.29 is 19.1 Å². The average Bonchev–Trinajstić information content (AvgIpc) is 2.85. The van der Waals surface area contributed by atoms with Gasteiger partial charge in [-0.2, -0.15) is 0 Å². The Morgan fingerprint density at radius 2 is 2.35 bits per heavy atom. The molecule has 2 heterocycles. The number of amides is 2. The molecule has 2 amide bonds. The fourth-order valence-corrected chi connectivity index (χ4v) is 2.27. The van der Waals surface area contributed by atoms with Gasteiger partial charge in [0.25, 0.3) is 0 Å². The van der Waals surface area contributed by atoms with Gasteiger partial charge >= 0.3 is 12.0 Å². The zero-order chi connectivity index (χ0) is 14.7. The summed E-state index contributed by atoms with van der Waals surface area (Å²) in [6, 6.07) is -0.624. The first-order valence-electron chi connectivity index (χ1n) is 6.68. The number of carbonyl (C=O) groups excluding carboxylic acids is 1. The van der Waals surface area contributed by atoms with Crippen molar-refractivity contribution in [2.24, 2.45) is 5.92 Å². The van der Waals surface area contributed by atoms with Gasteiger partial charge in [0.05, 0.1) is 12.1 Å². The fraction of sp³-hybridized carbons (Fsp3) is 0.615. The normalized spacial score (nSPS) is 20.5. The number of nitrogens with one attached hydrogen (secondary N) is 1. The van der Waals surface area contributed by atoms with Crippen LogP contribution in [0.4, 0.5) is 4.79 Å². The first-order valence-corrected chi connectivity index (χ1v) is 6.68. The van der Waals surface area contributed by atoms with Crippen molar-refractivity contribution in [3.63, 3.8) is 0 Å². The second-order valence-electron chi connectivity index (χ2n) is 5.10. The number of hydrogen-bond donors (Lipinski definition) is 2. The third-order valence-corrected chi connectivity index (χ3v) is 3.41. The highest BCUT2D eigenvalue weighted by Gasteiger charge is 2.29. The lowest BCUT2D eigenvalue weighted by molar-refractivity contribution is -0.143. The summed E-state index contributed by atoms with van der Waals surface area (Å²) in [4.78, 5) is 28.7. The minimum absolute atomic E-state index is 0.249. The van der Waals surface area contributed by atoms with Crippen molar-refractivity contribution in [1.29, 1.82) is 0 Å². The molecule has 2 atom stereocenters. The Bertz CT molecular complexity index is 500. The van der Waals surface area contributed by atoms with Crippen molar-refractivity contribution in [2.75, 3.05) is 13.1 Å². The zero-order valence-electron chi connectivity index (χ0n) is 11.6. The number of carboxylic acid groups (broad SMARTS) is 1. The van der Waals surface area contributed by atoms with Crippen molar-refractivity contribution in [2.45, 2.75) is 32.7 Å². The van der Waals surface area contributed by atoms with Gasteiger partial charge < -0.3 is 19.7 Å². The first-order chi connectivity index (χ1) is 9.47. The number of piperidine rings is 1. The van der Waals surface area contributed by atoms with Crippen LogP contribution in [-0.2, 0) is 4.79 Å². The maximum Gasteiger partial charge on any atom is 0.318 e. The summed E-state index contributed by atoms with van der Waals surface area (Å²) in [6.07, 6.45) is 2.92. The number of aliphatic carboxylic acids is 1. The summed E-state index contributed by atoms with van der Waals surface area (Å²) < 4.78 is 5.35. The SMILES string of the molecule is Cc1cnc(C(C)NC(=O)N2CCC[C@@H](C(=O)O)C2)o1. The van der Waals surface area contributed by atoms with Gasteiger partial charge in [0.1, 0.15) is 11.8 Å². The first kappa shape index (κ1) is 14.4. The number of aromatic nitrogens is 1. The number of carbonyl (C=O) groups is 2. The summed E-state index contributed by atoms with van der Waals surface area (Å²) in [5.41, 5.74) is 0. The molecule has 1 aliphatic rings. The predicted octanol–water partition coefficient (Wildman–Crippen LogP) is 1.55. The molecule has 2 N–H and O–H groups in total. The number of rotatable bonds is 3. The maximum atomic E-state index is 12.1. The molecule has 0 radical (unpaired) electrons. The van der Waals surface area contributed by atoms with E-state index in [9.17, 15) is 9.59 Å². The van der Waals surface area contributed by atoms with Gasteiger partial charge in [0.2, 0.25) is 5.89 Å². The predicted molar refractivity (Wildman–Crippen MR) is 70.1 cm³/mol. The second kappa shape index (κ2) is 5.94. The van der Waals surface area contributed by atoms with Crippen LogP contribution in [0, 0.1) is 12.8 Å². The van der Waals surface area contributed by atoms with Crippen LogP contribution in [0.5, 0.6) is 0 Å². The van der Waals surface area contributed by atoms with Crippen molar-refractivity contribution in [1.82, 2.24) is 15.2 Å². The fourth-order valence-electron chi connectivity index (χ4n) is 2.27. The van der Waals surface area contributed by atoms with Crippen molar-refractivity contribution in [3.05, 3.63) is 17.8 Å². The number of aryl methyl sites for hydroxylation is 1. The van der Waals surface area contributed by atoms with E-state index in [2.05, 4.69) is 10.3 Å². The molecule has 1 saturated heterocycles. The Morgan fingerprint density at radius 3 is 2.95 bits per heavy atom. The van der Waals surface area contributed by atoms with Crippen molar-refractivity contribution >= 4 is 12.0 Å². The average molecular weight is 281 g/mol. The third-order valence-electron chi connectivity index (χ3n) is 3.41. The largest absolute Gasteiger partial charge is 0.481 e. The quantitative estimate of drug-likeness (QED) is 0.876. The van der Waals surface area contributed by atoms with Crippen LogP contribution >= 0.6 is 0 Å². The number of urea groups is 1. The molecule has 7 nitrogen and oxygen atoms in total. The van der Waals surface area contributed by atoms with E-state index in [0.717, 1.165) is 0 Å². The van der Waals surface area contributed by atoms with E-state index in [1.807, 2.05) is 0 Å².